The molecule has 29 heavy (non-hydrogen) atoms. The molecule has 0 bridgehead atoms. The molecule has 1 aromatic rings. The summed E-state index contributed by atoms with van der Waals surface area (Å²) in [7, 11) is 0.821. The molecule has 2 fully saturated rings. The summed E-state index contributed by atoms with van der Waals surface area (Å²) in [4.78, 5) is 2.06. The zero-order chi connectivity index (χ0) is 22.0. The molecule has 1 aromatic carbocycles. The van der Waals surface area contributed by atoms with Crippen LogP contribution in [0.5, 0.6) is 5.75 Å². The predicted molar refractivity (Wildman–Crippen MR) is 122 cm³/mol. The summed E-state index contributed by atoms with van der Waals surface area (Å²) in [5.74, 6) is -0.969. The predicted octanol–water partition coefficient (Wildman–Crippen LogP) is 5.58. The van der Waals surface area contributed by atoms with Gasteiger partial charge in [-0.1, -0.05) is 32.8 Å². The van der Waals surface area contributed by atoms with Crippen molar-refractivity contribution in [3.63, 3.8) is 0 Å². The summed E-state index contributed by atoms with van der Waals surface area (Å²) < 4.78 is 36.7. The van der Waals surface area contributed by atoms with Gasteiger partial charge in [-0.3, -0.25) is 0 Å². The fourth-order valence-electron chi connectivity index (χ4n) is 3.27. The highest BCUT2D eigenvalue weighted by Gasteiger charge is 2.29. The van der Waals surface area contributed by atoms with E-state index >= 15 is 0 Å². The van der Waals surface area contributed by atoms with Crippen LogP contribution in [0.1, 0.15) is 63.4 Å². The second kappa shape index (κ2) is 12.6. The van der Waals surface area contributed by atoms with Gasteiger partial charge < -0.3 is 10.0 Å². The van der Waals surface area contributed by atoms with Crippen molar-refractivity contribution in [2.24, 2.45) is 0 Å². The fourth-order valence-corrected chi connectivity index (χ4v) is 4.24. The van der Waals surface area contributed by atoms with E-state index in [-0.39, 0.29) is 22.3 Å². The van der Waals surface area contributed by atoms with Crippen molar-refractivity contribution in [3.05, 3.63) is 35.5 Å². The molecule has 0 amide bonds. The van der Waals surface area contributed by atoms with Crippen LogP contribution in [-0.2, 0) is 9.84 Å². The van der Waals surface area contributed by atoms with Crippen LogP contribution in [0.2, 0.25) is 0 Å². The van der Waals surface area contributed by atoms with Crippen LogP contribution in [-0.4, -0.2) is 50.6 Å². The van der Waals surface area contributed by atoms with Gasteiger partial charge in [-0.15, -0.1) is 11.8 Å². The maximum atomic E-state index is 13.5. The van der Waals surface area contributed by atoms with Gasteiger partial charge in [-0.25, -0.2) is 12.8 Å². The Bertz CT molecular complexity index is 741. The molecule has 0 heterocycles. The Kier molecular flexibility index (Phi) is 11.3. The number of phenols is 1. The lowest BCUT2D eigenvalue weighted by atomic mass is 9.95. The molecule has 0 saturated heterocycles. The number of sulfone groups is 1. The highest BCUT2D eigenvalue weighted by molar-refractivity contribution is 8.01. The number of benzene rings is 1. The molecule has 2 aliphatic carbocycles. The lowest BCUT2D eigenvalue weighted by Crippen LogP contribution is -2.29. The van der Waals surface area contributed by atoms with Crippen molar-refractivity contribution < 1.29 is 17.9 Å². The monoisotopic (exact) mass is 445 g/mol. The highest BCUT2D eigenvalue weighted by atomic mass is 32.2. The third-order valence-corrected chi connectivity index (χ3v) is 7.36. The van der Waals surface area contributed by atoms with E-state index in [1.165, 1.54) is 45.1 Å². The summed E-state index contributed by atoms with van der Waals surface area (Å²) in [5, 5.41) is 11.3. The molecule has 0 spiro atoms. The molecule has 1 N–H and O–H groups in total. The standard InChI is InChI=1S/C11H13FO3S.C8H17N.C3H6S/c1-2-16(14,15)11-5-8(7-3-4-7)10(13)6-9(11)12;1-9(2)8-6-4-3-5-7-8;1-3-4-2/h5-7,13H,2-4H2,1H3;8H,3-7H2,1-2H3;3H,1H2,2H3. The molecular weight excluding hydrogens is 409 g/mol. The minimum Gasteiger partial charge on any atom is -0.508 e. The maximum absolute atomic E-state index is 13.5. The van der Waals surface area contributed by atoms with Crippen LogP contribution < -0.4 is 0 Å². The normalized spacial score (nSPS) is 17.0. The third kappa shape index (κ3) is 8.69. The Morgan fingerprint density at radius 1 is 1.21 bits per heavy atom. The quantitative estimate of drug-likeness (QED) is 0.641. The van der Waals surface area contributed by atoms with E-state index in [1.54, 1.807) is 17.2 Å². The lowest BCUT2D eigenvalue weighted by molar-refractivity contribution is 0.229. The smallest absolute Gasteiger partial charge is 0.181 e. The Balaban J connectivity index is 0.000000272. The molecule has 4 nitrogen and oxygen atoms in total. The van der Waals surface area contributed by atoms with Gasteiger partial charge in [0.25, 0.3) is 0 Å². The summed E-state index contributed by atoms with van der Waals surface area (Å²) in [6, 6.07) is 3.07. The van der Waals surface area contributed by atoms with Crippen molar-refractivity contribution in [2.75, 3.05) is 26.1 Å². The van der Waals surface area contributed by atoms with Gasteiger partial charge in [0.15, 0.2) is 9.84 Å². The Morgan fingerprint density at radius 3 is 2.14 bits per heavy atom. The maximum Gasteiger partial charge on any atom is 0.181 e. The van der Waals surface area contributed by atoms with Crippen LogP contribution >= 0.6 is 11.8 Å². The zero-order valence-electron chi connectivity index (χ0n) is 18.2. The molecule has 0 aromatic heterocycles. The first-order valence-corrected chi connectivity index (χ1v) is 13.2. The van der Waals surface area contributed by atoms with E-state index in [1.807, 2.05) is 6.26 Å². The minimum absolute atomic E-state index is 0.140. The number of hydrogen-bond donors (Lipinski definition) is 1. The number of aromatic hydroxyl groups is 1. The SMILES string of the molecule is C=CSC.CCS(=O)(=O)c1cc(C2CC2)c(O)cc1F.CN(C)C1CCCCC1. The second-order valence-corrected chi connectivity index (χ2v) is 10.7. The van der Waals surface area contributed by atoms with Gasteiger partial charge in [0.2, 0.25) is 0 Å². The van der Waals surface area contributed by atoms with Crippen LogP contribution in [0.15, 0.2) is 29.0 Å². The lowest BCUT2D eigenvalue weighted by Gasteiger charge is -2.27. The molecule has 0 radical (unpaired) electrons. The number of thioether (sulfide) groups is 1. The molecule has 0 aliphatic heterocycles. The highest BCUT2D eigenvalue weighted by Crippen LogP contribution is 2.45. The number of halogens is 1. The first-order valence-electron chi connectivity index (χ1n) is 10.2. The summed E-state index contributed by atoms with van der Waals surface area (Å²) >= 11 is 1.62. The second-order valence-electron chi connectivity index (χ2n) is 7.68. The van der Waals surface area contributed by atoms with E-state index in [4.69, 9.17) is 0 Å². The van der Waals surface area contributed by atoms with Crippen molar-refractivity contribution in [1.29, 1.82) is 0 Å². The number of hydrogen-bond acceptors (Lipinski definition) is 5. The van der Waals surface area contributed by atoms with Crippen molar-refractivity contribution >= 4 is 21.6 Å². The van der Waals surface area contributed by atoms with Crippen molar-refractivity contribution in [2.45, 2.75) is 68.7 Å². The van der Waals surface area contributed by atoms with E-state index in [0.717, 1.165) is 24.9 Å². The third-order valence-electron chi connectivity index (χ3n) is 5.29. The molecule has 3 rings (SSSR count). The Labute approximate surface area is 180 Å². The molecular formula is C22H36FNO3S2. The molecule has 2 aliphatic rings. The van der Waals surface area contributed by atoms with Gasteiger partial charge in [-0.2, -0.15) is 0 Å². The summed E-state index contributed by atoms with van der Waals surface area (Å²) in [6.07, 6.45) is 11.0. The fraction of sp³-hybridized carbons (Fsp3) is 0.636. The largest absolute Gasteiger partial charge is 0.508 e. The van der Waals surface area contributed by atoms with Gasteiger partial charge in [-0.05, 0) is 69.0 Å². The molecule has 7 heteroatoms. The van der Waals surface area contributed by atoms with Gasteiger partial charge >= 0.3 is 0 Å². The van der Waals surface area contributed by atoms with Crippen LogP contribution in [0.3, 0.4) is 0 Å². The number of nitrogens with zero attached hydrogens (tertiary/aromatic N) is 1. The average molecular weight is 446 g/mol. The van der Waals surface area contributed by atoms with Gasteiger partial charge in [0.1, 0.15) is 16.5 Å². The molecule has 0 unspecified atom stereocenters. The van der Waals surface area contributed by atoms with Crippen molar-refractivity contribution in [1.82, 2.24) is 4.90 Å². The van der Waals surface area contributed by atoms with Gasteiger partial charge in [0, 0.05) is 12.1 Å². The molecule has 2 saturated carbocycles. The van der Waals surface area contributed by atoms with E-state index in [9.17, 15) is 17.9 Å². The molecule has 0 atom stereocenters. The zero-order valence-corrected chi connectivity index (χ0v) is 19.8. The first-order chi connectivity index (χ1) is 13.7. The topological polar surface area (TPSA) is 57.6 Å². The summed E-state index contributed by atoms with van der Waals surface area (Å²) in [5.41, 5.74) is 0.549. The van der Waals surface area contributed by atoms with Crippen LogP contribution in [0.4, 0.5) is 4.39 Å². The first kappa shape index (κ1) is 26.0. The van der Waals surface area contributed by atoms with E-state index in [2.05, 4.69) is 25.6 Å². The Morgan fingerprint density at radius 2 is 1.76 bits per heavy atom. The summed E-state index contributed by atoms with van der Waals surface area (Å²) in [6.45, 7) is 4.91. The molecule has 166 valence electrons. The van der Waals surface area contributed by atoms with Gasteiger partial charge in [0.05, 0.1) is 5.75 Å². The average Bonchev–Trinajstić information content (AvgIpc) is 3.54. The van der Waals surface area contributed by atoms with E-state index in [0.29, 0.717) is 5.56 Å². The van der Waals surface area contributed by atoms with Crippen LogP contribution in [0, 0.1) is 5.82 Å². The number of rotatable bonds is 5. The van der Waals surface area contributed by atoms with Crippen molar-refractivity contribution in [3.8, 4) is 5.75 Å². The Hall–Kier alpha value is -1.05. The minimum atomic E-state index is -3.56. The van der Waals surface area contributed by atoms with E-state index < -0.39 is 15.7 Å². The van der Waals surface area contributed by atoms with Crippen LogP contribution in [0.25, 0.3) is 0 Å². The number of phenolic OH excluding ortho intramolecular Hbond substituents is 1.